The van der Waals surface area contributed by atoms with Crippen molar-refractivity contribution in [3.8, 4) is 0 Å². The number of esters is 2. The fraction of sp³-hybridized carbons (Fsp3) is 0.639. The number of carbonyl (C=O) groups is 2. The van der Waals surface area contributed by atoms with Crippen molar-refractivity contribution >= 4 is 11.9 Å². The molecule has 0 aliphatic heterocycles. The van der Waals surface area contributed by atoms with Crippen LogP contribution < -0.4 is 0 Å². The van der Waals surface area contributed by atoms with Crippen molar-refractivity contribution in [2.24, 2.45) is 0 Å². The van der Waals surface area contributed by atoms with Gasteiger partial charge in [0.05, 0.1) is 6.61 Å². The van der Waals surface area contributed by atoms with Crippen LogP contribution in [0.15, 0.2) is 122 Å². The molecule has 0 aliphatic rings. The largest absolute Gasteiger partial charge is 0.462 e. The molecule has 0 rings (SSSR count). The van der Waals surface area contributed by atoms with Crippen LogP contribution in [0.2, 0.25) is 0 Å². The minimum absolute atomic E-state index is 0.0514. The van der Waals surface area contributed by atoms with Gasteiger partial charge in [0.25, 0.3) is 0 Å². The van der Waals surface area contributed by atoms with E-state index in [1.165, 1.54) is 51.4 Å². The highest BCUT2D eigenvalue weighted by Gasteiger charge is 2.17. The Labute approximate surface area is 407 Å². The van der Waals surface area contributed by atoms with Crippen LogP contribution in [0.3, 0.4) is 0 Å². The minimum Gasteiger partial charge on any atom is -0.462 e. The quantitative estimate of drug-likeness (QED) is 0.0346. The first-order valence-electron chi connectivity index (χ1n) is 27.1. The molecule has 5 heteroatoms. The molecule has 374 valence electrons. The zero-order valence-electron chi connectivity index (χ0n) is 42.9. The lowest BCUT2D eigenvalue weighted by molar-refractivity contribution is -0.163. The Kier molecular flexibility index (Phi) is 52.5. The predicted molar refractivity (Wildman–Crippen MR) is 288 cm³/mol. The van der Waals surface area contributed by atoms with Crippen LogP contribution >= 0.6 is 0 Å². The molecular weight excluding hydrogens is 813 g/mol. The predicted octanol–water partition coefficient (Wildman–Crippen LogP) is 18.6. The zero-order chi connectivity index (χ0) is 47.7. The van der Waals surface area contributed by atoms with Crippen molar-refractivity contribution in [2.75, 3.05) is 19.8 Å². The molecule has 0 heterocycles. The molecule has 0 aromatic heterocycles. The van der Waals surface area contributed by atoms with Gasteiger partial charge in [-0.05, 0) is 128 Å². The third kappa shape index (κ3) is 52.9. The molecule has 0 aromatic carbocycles. The molecule has 0 amide bonds. The lowest BCUT2D eigenvalue weighted by Crippen LogP contribution is -2.30. The second-order valence-electron chi connectivity index (χ2n) is 17.4. The molecule has 5 nitrogen and oxygen atoms in total. The summed E-state index contributed by atoms with van der Waals surface area (Å²) in [6.07, 6.45) is 77.8. The monoisotopic (exact) mass is 913 g/mol. The number of allylic oxidation sites excluding steroid dienone is 20. The van der Waals surface area contributed by atoms with Crippen molar-refractivity contribution in [2.45, 2.75) is 232 Å². The van der Waals surface area contributed by atoms with Gasteiger partial charge in [-0.25, -0.2) is 0 Å². The first kappa shape index (κ1) is 62.3. The van der Waals surface area contributed by atoms with Gasteiger partial charge in [-0.2, -0.15) is 0 Å². The number of rotatable bonds is 48. The third-order valence-corrected chi connectivity index (χ3v) is 11.0. The van der Waals surface area contributed by atoms with Gasteiger partial charge in [0.2, 0.25) is 0 Å². The molecule has 0 N–H and O–H groups in total. The first-order chi connectivity index (χ1) is 32.6. The van der Waals surface area contributed by atoms with Crippen LogP contribution in [0.25, 0.3) is 0 Å². The van der Waals surface area contributed by atoms with Crippen LogP contribution in [-0.2, 0) is 23.8 Å². The van der Waals surface area contributed by atoms with Crippen molar-refractivity contribution in [3.63, 3.8) is 0 Å². The summed E-state index contributed by atoms with van der Waals surface area (Å²) >= 11 is 0. The van der Waals surface area contributed by atoms with E-state index in [1.54, 1.807) is 0 Å². The summed E-state index contributed by atoms with van der Waals surface area (Å²) in [6, 6.07) is 0. The van der Waals surface area contributed by atoms with Gasteiger partial charge >= 0.3 is 11.9 Å². The summed E-state index contributed by atoms with van der Waals surface area (Å²) in [5.41, 5.74) is 0. The highest BCUT2D eigenvalue weighted by molar-refractivity contribution is 5.70. The van der Waals surface area contributed by atoms with Crippen LogP contribution in [-0.4, -0.2) is 37.9 Å². The Morgan fingerprint density at radius 3 is 1.11 bits per heavy atom. The van der Waals surface area contributed by atoms with Crippen LogP contribution in [0, 0.1) is 0 Å². The fourth-order valence-corrected chi connectivity index (χ4v) is 6.99. The zero-order valence-corrected chi connectivity index (χ0v) is 42.9. The second kappa shape index (κ2) is 55.6. The Hall–Kier alpha value is -3.70. The Morgan fingerprint density at radius 2 is 0.682 bits per heavy atom. The lowest BCUT2D eigenvalue weighted by Gasteiger charge is -2.18. The molecule has 0 aromatic rings. The van der Waals surface area contributed by atoms with Gasteiger partial charge < -0.3 is 14.2 Å². The molecule has 0 bridgehead atoms. The maximum Gasteiger partial charge on any atom is 0.306 e. The van der Waals surface area contributed by atoms with Gasteiger partial charge in [0.15, 0.2) is 6.10 Å². The number of hydrogen-bond donors (Lipinski definition) is 0. The Balaban J connectivity index is 4.39. The summed E-state index contributed by atoms with van der Waals surface area (Å²) < 4.78 is 17.4. The number of carbonyl (C=O) groups excluding carboxylic acids is 2. The van der Waals surface area contributed by atoms with Gasteiger partial charge in [0, 0.05) is 19.4 Å². The van der Waals surface area contributed by atoms with E-state index in [4.69, 9.17) is 14.2 Å². The Morgan fingerprint density at radius 1 is 0.348 bits per heavy atom. The van der Waals surface area contributed by atoms with Crippen LogP contribution in [0.1, 0.15) is 226 Å². The van der Waals surface area contributed by atoms with E-state index in [9.17, 15) is 9.59 Å². The van der Waals surface area contributed by atoms with Gasteiger partial charge in [0.1, 0.15) is 6.61 Å². The number of unbranched alkanes of at least 4 members (excludes halogenated alkanes) is 17. The summed E-state index contributed by atoms with van der Waals surface area (Å²) in [5.74, 6) is -0.456. The molecule has 0 spiro atoms. The topological polar surface area (TPSA) is 61.8 Å². The van der Waals surface area contributed by atoms with Crippen molar-refractivity contribution < 1.29 is 23.8 Å². The Bertz CT molecular complexity index is 1350. The molecule has 0 radical (unpaired) electrons. The molecule has 0 aliphatic carbocycles. The van der Waals surface area contributed by atoms with E-state index in [1.807, 2.05) is 0 Å². The normalized spacial score (nSPS) is 13.2. The number of hydrogen-bond acceptors (Lipinski definition) is 5. The third-order valence-electron chi connectivity index (χ3n) is 11.0. The van der Waals surface area contributed by atoms with Gasteiger partial charge in [-0.3, -0.25) is 9.59 Å². The van der Waals surface area contributed by atoms with E-state index >= 15 is 0 Å². The molecular formula is C61H100O5. The summed E-state index contributed by atoms with van der Waals surface area (Å²) in [4.78, 5) is 25.4. The molecule has 66 heavy (non-hydrogen) atoms. The highest BCUT2D eigenvalue weighted by atomic mass is 16.6. The van der Waals surface area contributed by atoms with E-state index < -0.39 is 6.10 Å². The maximum absolute atomic E-state index is 12.8. The van der Waals surface area contributed by atoms with Crippen molar-refractivity contribution in [1.82, 2.24) is 0 Å². The number of ether oxygens (including phenoxy) is 3. The average Bonchev–Trinajstić information content (AvgIpc) is 3.32. The molecule has 1 unspecified atom stereocenters. The summed E-state index contributed by atoms with van der Waals surface area (Å²) in [7, 11) is 0. The van der Waals surface area contributed by atoms with Gasteiger partial charge in [-0.15, -0.1) is 0 Å². The van der Waals surface area contributed by atoms with Crippen molar-refractivity contribution in [1.29, 1.82) is 0 Å². The SMILES string of the molecule is CC/C=C\C/C=C\C/C=C\C/C=C\C/C=C\CCCCCCOCC(COC(=O)CCCCCC/C=C\C/C=C\C/C=C\C/C=C\CC)OC(=O)CCCCCCC/C=C\CCCCCC. The first-order valence-corrected chi connectivity index (χ1v) is 27.1. The molecule has 0 saturated carbocycles. The summed E-state index contributed by atoms with van der Waals surface area (Å²) in [6.45, 7) is 7.49. The van der Waals surface area contributed by atoms with E-state index in [2.05, 4.69) is 142 Å². The highest BCUT2D eigenvalue weighted by Crippen LogP contribution is 2.12. The standard InChI is InChI=1S/C61H100O5/c1-4-7-10-13-16-19-22-25-27-29-30-31-33-35-38-41-44-47-50-53-56-64-57-59(66-61(63)55-52-49-46-43-40-36-24-21-18-15-12-9-6-3)58-65-60(62)54-51-48-45-42-39-37-34-32-28-26-23-20-17-14-11-8-5-2/h7-8,10-11,16-17,19-21,24-28,30-31,34-35,37-38,59H,4-6,9,12-15,18,22-23,29,32-33,36,39-58H2,1-3H3/b10-7-,11-8-,19-16-,20-17-,24-21-,27-25-,28-26-,31-30-,37-34-,38-35-. The fourth-order valence-electron chi connectivity index (χ4n) is 6.99. The van der Waals surface area contributed by atoms with Crippen LogP contribution in [0.5, 0.6) is 0 Å². The van der Waals surface area contributed by atoms with E-state index in [0.29, 0.717) is 19.4 Å². The van der Waals surface area contributed by atoms with Crippen molar-refractivity contribution in [3.05, 3.63) is 122 Å². The molecule has 0 saturated heterocycles. The lowest BCUT2D eigenvalue weighted by atomic mass is 10.1. The van der Waals surface area contributed by atoms with Crippen LogP contribution in [0.4, 0.5) is 0 Å². The van der Waals surface area contributed by atoms with E-state index in [-0.39, 0.29) is 25.2 Å². The van der Waals surface area contributed by atoms with E-state index in [0.717, 1.165) is 141 Å². The summed E-state index contributed by atoms with van der Waals surface area (Å²) in [5, 5.41) is 0. The maximum atomic E-state index is 12.8. The van der Waals surface area contributed by atoms with Gasteiger partial charge in [-0.1, -0.05) is 206 Å². The smallest absolute Gasteiger partial charge is 0.306 e. The molecule has 1 atom stereocenters. The second-order valence-corrected chi connectivity index (χ2v) is 17.4. The average molecular weight is 913 g/mol. The minimum atomic E-state index is -0.573. The molecule has 0 fully saturated rings.